The van der Waals surface area contributed by atoms with Crippen LogP contribution in [-0.2, 0) is 4.74 Å². The summed E-state index contributed by atoms with van der Waals surface area (Å²) in [7, 11) is 0. The Morgan fingerprint density at radius 3 is 2.29 bits per heavy atom. The summed E-state index contributed by atoms with van der Waals surface area (Å²) >= 11 is 0. The molecule has 0 bridgehead atoms. The lowest BCUT2D eigenvalue weighted by molar-refractivity contribution is 0.0516. The summed E-state index contributed by atoms with van der Waals surface area (Å²) in [6.45, 7) is 1.89. The zero-order valence-electron chi connectivity index (χ0n) is 13.1. The number of aromatic nitrogens is 2. The lowest BCUT2D eigenvalue weighted by Crippen LogP contribution is -2.15. The first-order chi connectivity index (χ1) is 11.7. The number of H-pyrrole nitrogens is 1. The van der Waals surface area contributed by atoms with E-state index in [1.54, 1.807) is 55.5 Å². The molecular weight excluding hydrogens is 308 g/mol. The third-order valence-corrected chi connectivity index (χ3v) is 3.31. The Kier molecular flexibility index (Phi) is 4.47. The molecule has 0 radical (unpaired) electrons. The van der Waals surface area contributed by atoms with Crippen LogP contribution in [0.25, 0.3) is 5.69 Å². The number of para-hydroxylation sites is 2. The van der Waals surface area contributed by atoms with Crippen LogP contribution in [0, 0.1) is 0 Å². The van der Waals surface area contributed by atoms with Crippen LogP contribution in [0.15, 0.2) is 65.5 Å². The predicted molar refractivity (Wildman–Crippen MR) is 88.9 cm³/mol. The summed E-state index contributed by atoms with van der Waals surface area (Å²) in [6, 6.07) is 17.7. The summed E-state index contributed by atoms with van der Waals surface area (Å²) in [5.41, 5.74) is 0.110. The van der Waals surface area contributed by atoms with E-state index < -0.39 is 11.5 Å². The van der Waals surface area contributed by atoms with Crippen LogP contribution in [0.4, 0.5) is 0 Å². The topological polar surface area (TPSA) is 73.3 Å². The number of carbonyl (C=O) groups excluding carboxylic acids is 1. The molecule has 0 fully saturated rings. The highest BCUT2D eigenvalue weighted by Crippen LogP contribution is 2.22. The van der Waals surface area contributed by atoms with Gasteiger partial charge in [-0.3, -0.25) is 9.89 Å². The Morgan fingerprint density at radius 2 is 1.67 bits per heavy atom. The molecule has 2 aromatic carbocycles. The average Bonchev–Trinajstić information content (AvgIpc) is 2.94. The average molecular weight is 324 g/mol. The molecule has 0 aliphatic heterocycles. The van der Waals surface area contributed by atoms with Crippen LogP contribution in [0.1, 0.15) is 17.4 Å². The molecule has 0 unspecified atom stereocenters. The van der Waals surface area contributed by atoms with Gasteiger partial charge in [-0.05, 0) is 31.2 Å². The molecule has 6 nitrogen and oxygen atoms in total. The Balaban J connectivity index is 2.09. The molecule has 0 saturated heterocycles. The number of nitrogens with one attached hydrogen (secondary N) is 1. The van der Waals surface area contributed by atoms with Crippen molar-refractivity contribution in [3.8, 4) is 17.2 Å². The van der Waals surface area contributed by atoms with Crippen molar-refractivity contribution < 1.29 is 14.3 Å². The fraction of sp³-hybridized carbons (Fsp3) is 0.111. The molecule has 0 aliphatic carbocycles. The van der Waals surface area contributed by atoms with E-state index in [0.717, 1.165) is 0 Å². The molecule has 24 heavy (non-hydrogen) atoms. The Hall–Kier alpha value is -3.28. The first-order valence-electron chi connectivity index (χ1n) is 7.51. The lowest BCUT2D eigenvalue weighted by Gasteiger charge is -2.04. The summed E-state index contributed by atoms with van der Waals surface area (Å²) in [6.07, 6.45) is 0. The Bertz CT molecular complexity index is 882. The van der Waals surface area contributed by atoms with E-state index in [9.17, 15) is 9.59 Å². The highest BCUT2D eigenvalue weighted by Gasteiger charge is 2.24. The van der Waals surface area contributed by atoms with E-state index in [0.29, 0.717) is 11.4 Å². The van der Waals surface area contributed by atoms with Gasteiger partial charge in [0.05, 0.1) is 12.3 Å². The number of rotatable bonds is 5. The van der Waals surface area contributed by atoms with Crippen molar-refractivity contribution in [2.24, 2.45) is 0 Å². The van der Waals surface area contributed by atoms with Gasteiger partial charge in [0, 0.05) is 0 Å². The maximum absolute atomic E-state index is 12.7. The van der Waals surface area contributed by atoms with Crippen molar-refractivity contribution in [2.75, 3.05) is 6.61 Å². The van der Waals surface area contributed by atoms with Gasteiger partial charge in [-0.2, -0.15) is 0 Å². The number of benzene rings is 2. The van der Waals surface area contributed by atoms with E-state index in [-0.39, 0.29) is 18.1 Å². The zero-order chi connectivity index (χ0) is 16.9. The summed E-state index contributed by atoms with van der Waals surface area (Å²) in [5.74, 6) is -0.280. The minimum Gasteiger partial charge on any atom is -0.461 e. The van der Waals surface area contributed by atoms with E-state index in [1.807, 2.05) is 12.1 Å². The fourth-order valence-corrected chi connectivity index (χ4v) is 2.22. The molecular formula is C18H16N2O4. The van der Waals surface area contributed by atoms with Crippen molar-refractivity contribution in [3.05, 3.63) is 76.7 Å². The normalized spacial score (nSPS) is 10.4. The number of aromatic amines is 1. The van der Waals surface area contributed by atoms with Crippen LogP contribution >= 0.6 is 0 Å². The highest BCUT2D eigenvalue weighted by molar-refractivity contribution is 5.90. The van der Waals surface area contributed by atoms with E-state index in [2.05, 4.69) is 5.10 Å². The largest absolute Gasteiger partial charge is 0.461 e. The molecule has 0 amide bonds. The molecule has 0 saturated carbocycles. The second kappa shape index (κ2) is 6.87. The summed E-state index contributed by atoms with van der Waals surface area (Å²) < 4.78 is 11.9. The van der Waals surface area contributed by atoms with E-state index in [1.165, 1.54) is 4.68 Å². The molecule has 1 heterocycles. The summed E-state index contributed by atoms with van der Waals surface area (Å²) in [4.78, 5) is 24.9. The molecule has 0 atom stereocenters. The Morgan fingerprint density at radius 1 is 1.04 bits per heavy atom. The molecule has 1 aromatic heterocycles. The van der Waals surface area contributed by atoms with Crippen LogP contribution in [0.3, 0.4) is 0 Å². The van der Waals surface area contributed by atoms with Gasteiger partial charge in [-0.15, -0.1) is 0 Å². The van der Waals surface area contributed by atoms with Crippen LogP contribution in [0.2, 0.25) is 0 Å². The molecule has 122 valence electrons. The third kappa shape index (κ3) is 3.08. The van der Waals surface area contributed by atoms with Crippen molar-refractivity contribution in [3.63, 3.8) is 0 Å². The second-order valence-corrected chi connectivity index (χ2v) is 4.93. The molecule has 3 rings (SSSR count). The number of nitrogens with zero attached hydrogens (tertiary/aromatic N) is 1. The van der Waals surface area contributed by atoms with Crippen molar-refractivity contribution in [2.45, 2.75) is 6.92 Å². The predicted octanol–water partition coefficient (Wildman–Crippen LogP) is 3.13. The minimum atomic E-state index is -0.643. The minimum absolute atomic E-state index is 0.0189. The van der Waals surface area contributed by atoms with Gasteiger partial charge in [-0.25, -0.2) is 9.48 Å². The molecule has 3 aromatic rings. The van der Waals surface area contributed by atoms with Crippen molar-refractivity contribution in [1.82, 2.24) is 9.78 Å². The SMILES string of the molecule is CCOC(=O)c1[nH]n(-c2ccccc2)c(=O)c1Oc1ccccc1. The third-order valence-electron chi connectivity index (χ3n) is 3.31. The maximum Gasteiger partial charge on any atom is 0.360 e. The van der Waals surface area contributed by atoms with Crippen LogP contribution in [0.5, 0.6) is 11.5 Å². The monoisotopic (exact) mass is 324 g/mol. The van der Waals surface area contributed by atoms with Gasteiger partial charge in [0.15, 0.2) is 5.69 Å². The first kappa shape index (κ1) is 15.6. The quantitative estimate of drug-likeness (QED) is 0.732. The number of esters is 1. The van der Waals surface area contributed by atoms with Gasteiger partial charge >= 0.3 is 11.5 Å². The molecule has 1 N–H and O–H groups in total. The van der Waals surface area contributed by atoms with Crippen molar-refractivity contribution in [1.29, 1.82) is 0 Å². The number of hydrogen-bond acceptors (Lipinski definition) is 4. The number of hydrogen-bond donors (Lipinski definition) is 1. The molecule has 0 spiro atoms. The van der Waals surface area contributed by atoms with Gasteiger partial charge < -0.3 is 9.47 Å². The van der Waals surface area contributed by atoms with Crippen LogP contribution in [-0.4, -0.2) is 22.4 Å². The zero-order valence-corrected chi connectivity index (χ0v) is 13.1. The summed E-state index contributed by atoms with van der Waals surface area (Å²) in [5, 5.41) is 2.78. The smallest absolute Gasteiger partial charge is 0.360 e. The number of ether oxygens (including phenoxy) is 2. The van der Waals surface area contributed by atoms with Gasteiger partial charge in [0.25, 0.3) is 0 Å². The van der Waals surface area contributed by atoms with Gasteiger partial charge in [0.1, 0.15) is 5.75 Å². The van der Waals surface area contributed by atoms with Crippen LogP contribution < -0.4 is 10.3 Å². The van der Waals surface area contributed by atoms with Crippen molar-refractivity contribution >= 4 is 5.97 Å². The molecule has 6 heteroatoms. The molecule has 0 aliphatic rings. The van der Waals surface area contributed by atoms with Gasteiger partial charge in [0.2, 0.25) is 5.75 Å². The Labute approximate surface area is 138 Å². The second-order valence-electron chi connectivity index (χ2n) is 4.93. The van der Waals surface area contributed by atoms with E-state index in [4.69, 9.17) is 9.47 Å². The standard InChI is InChI=1S/C18H16N2O4/c1-2-23-18(22)15-16(24-14-11-7-4-8-12-14)17(21)20(19-15)13-9-5-3-6-10-13/h3-12,19H,2H2,1H3. The van der Waals surface area contributed by atoms with Gasteiger partial charge in [-0.1, -0.05) is 36.4 Å². The first-order valence-corrected chi connectivity index (χ1v) is 7.51. The maximum atomic E-state index is 12.7. The van der Waals surface area contributed by atoms with E-state index >= 15 is 0 Å². The number of carbonyl (C=O) groups is 1. The fourth-order valence-electron chi connectivity index (χ4n) is 2.22. The lowest BCUT2D eigenvalue weighted by atomic mass is 10.3. The highest BCUT2D eigenvalue weighted by atomic mass is 16.5.